The van der Waals surface area contributed by atoms with Crippen molar-refractivity contribution in [3.63, 3.8) is 0 Å². The summed E-state index contributed by atoms with van der Waals surface area (Å²) in [4.78, 5) is 2.46. The summed E-state index contributed by atoms with van der Waals surface area (Å²) < 4.78 is 5.70. The van der Waals surface area contributed by atoms with E-state index in [1.165, 1.54) is 5.56 Å². The molecule has 3 nitrogen and oxygen atoms in total. The summed E-state index contributed by atoms with van der Waals surface area (Å²) in [6.07, 6.45) is 2.63. The summed E-state index contributed by atoms with van der Waals surface area (Å²) in [5.74, 6) is 0. The Morgan fingerprint density at radius 3 is 2.45 bits per heavy atom. The summed E-state index contributed by atoms with van der Waals surface area (Å²) in [6.45, 7) is 8.24. The van der Waals surface area contributed by atoms with Gasteiger partial charge in [0.05, 0.1) is 12.7 Å². The smallest absolute Gasteiger partial charge is 0.0599 e. The fourth-order valence-electron chi connectivity index (χ4n) is 3.04. The monoisotopic (exact) mass is 277 g/mol. The summed E-state index contributed by atoms with van der Waals surface area (Å²) in [6, 6.07) is 10.3. The third kappa shape index (κ3) is 3.81. The Balaban J connectivity index is 1.94. The van der Waals surface area contributed by atoms with Crippen molar-refractivity contribution in [1.82, 2.24) is 4.90 Å². The number of rotatable bonds is 6. The molecule has 0 amide bonds. The van der Waals surface area contributed by atoms with E-state index in [1.54, 1.807) is 0 Å². The van der Waals surface area contributed by atoms with E-state index in [0.29, 0.717) is 6.10 Å². The van der Waals surface area contributed by atoms with Gasteiger partial charge in [-0.1, -0.05) is 37.3 Å². The number of aliphatic hydroxyl groups is 1. The molecule has 1 fully saturated rings. The van der Waals surface area contributed by atoms with E-state index in [1.807, 2.05) is 18.2 Å². The molecule has 1 unspecified atom stereocenters. The maximum Gasteiger partial charge on any atom is 0.0599 e. The first-order chi connectivity index (χ1) is 9.68. The molecule has 1 aromatic carbocycles. The lowest BCUT2D eigenvalue weighted by atomic mass is 9.82. The second-order valence-corrected chi connectivity index (χ2v) is 6.02. The zero-order valence-electron chi connectivity index (χ0n) is 12.7. The quantitative estimate of drug-likeness (QED) is 0.867. The SMILES string of the molecule is CCOC1CCN(CC(C)(CO)c2ccccc2)CC1. The van der Waals surface area contributed by atoms with Crippen LogP contribution in [0.15, 0.2) is 30.3 Å². The highest BCUT2D eigenvalue weighted by molar-refractivity contribution is 5.25. The van der Waals surface area contributed by atoms with Crippen LogP contribution >= 0.6 is 0 Å². The second kappa shape index (κ2) is 7.21. The topological polar surface area (TPSA) is 32.7 Å². The molecule has 0 aliphatic carbocycles. The van der Waals surface area contributed by atoms with Gasteiger partial charge in [0.2, 0.25) is 0 Å². The molecule has 1 aliphatic rings. The molecule has 1 atom stereocenters. The minimum absolute atomic E-state index is 0.181. The van der Waals surface area contributed by atoms with Gasteiger partial charge in [0, 0.05) is 31.7 Å². The molecule has 0 saturated carbocycles. The van der Waals surface area contributed by atoms with Crippen LogP contribution in [-0.4, -0.2) is 49.0 Å². The van der Waals surface area contributed by atoms with Crippen molar-refractivity contribution >= 4 is 0 Å². The van der Waals surface area contributed by atoms with Gasteiger partial charge in [0.1, 0.15) is 0 Å². The highest BCUT2D eigenvalue weighted by Gasteiger charge is 2.30. The molecule has 3 heteroatoms. The average molecular weight is 277 g/mol. The molecule has 1 aliphatic heterocycles. The molecule has 2 rings (SSSR count). The Morgan fingerprint density at radius 1 is 1.25 bits per heavy atom. The molecule has 1 heterocycles. The molecule has 1 N–H and O–H groups in total. The molecule has 112 valence electrons. The summed E-state index contributed by atoms with van der Waals surface area (Å²) in [5, 5.41) is 9.85. The predicted octanol–water partition coefficient (Wildman–Crippen LogP) is 2.44. The largest absolute Gasteiger partial charge is 0.395 e. The first kappa shape index (κ1) is 15.5. The molecule has 0 aromatic heterocycles. The Kier molecular flexibility index (Phi) is 5.58. The van der Waals surface area contributed by atoms with Crippen molar-refractivity contribution in [2.45, 2.75) is 38.2 Å². The second-order valence-electron chi connectivity index (χ2n) is 6.02. The van der Waals surface area contributed by atoms with Crippen LogP contribution in [-0.2, 0) is 10.2 Å². The molecular weight excluding hydrogens is 250 g/mol. The fourth-order valence-corrected chi connectivity index (χ4v) is 3.04. The first-order valence-electron chi connectivity index (χ1n) is 7.68. The van der Waals surface area contributed by atoms with Crippen LogP contribution in [0.1, 0.15) is 32.3 Å². The van der Waals surface area contributed by atoms with Gasteiger partial charge in [-0.3, -0.25) is 0 Å². The minimum atomic E-state index is -0.181. The summed E-state index contributed by atoms with van der Waals surface area (Å²) in [7, 11) is 0. The highest BCUT2D eigenvalue weighted by Crippen LogP contribution is 2.26. The van der Waals surface area contributed by atoms with Crippen LogP contribution in [0.2, 0.25) is 0 Å². The third-order valence-electron chi connectivity index (χ3n) is 4.33. The lowest BCUT2D eigenvalue weighted by Gasteiger charge is -2.38. The molecule has 1 aromatic rings. The first-order valence-corrected chi connectivity index (χ1v) is 7.68. The maximum atomic E-state index is 9.85. The summed E-state index contributed by atoms with van der Waals surface area (Å²) in [5.41, 5.74) is 1.04. The molecule has 0 bridgehead atoms. The van der Waals surface area contributed by atoms with E-state index < -0.39 is 0 Å². The number of nitrogens with zero attached hydrogens (tertiary/aromatic N) is 1. The van der Waals surface area contributed by atoms with Crippen molar-refractivity contribution in [1.29, 1.82) is 0 Å². The van der Waals surface area contributed by atoms with Crippen molar-refractivity contribution in [2.24, 2.45) is 0 Å². The Bertz CT molecular complexity index is 387. The van der Waals surface area contributed by atoms with E-state index in [2.05, 4.69) is 30.9 Å². The van der Waals surface area contributed by atoms with Gasteiger partial charge in [-0.15, -0.1) is 0 Å². The van der Waals surface area contributed by atoms with Crippen LogP contribution in [0.4, 0.5) is 0 Å². The number of hydrogen-bond donors (Lipinski definition) is 1. The Hall–Kier alpha value is -0.900. The van der Waals surface area contributed by atoms with E-state index in [4.69, 9.17) is 4.74 Å². The van der Waals surface area contributed by atoms with Crippen molar-refractivity contribution in [3.05, 3.63) is 35.9 Å². The Labute approximate surface area is 122 Å². The van der Waals surface area contributed by atoms with Crippen LogP contribution in [0.5, 0.6) is 0 Å². The van der Waals surface area contributed by atoms with Crippen LogP contribution < -0.4 is 0 Å². The van der Waals surface area contributed by atoms with Crippen LogP contribution in [0, 0.1) is 0 Å². The van der Waals surface area contributed by atoms with Crippen molar-refractivity contribution in [3.8, 4) is 0 Å². The molecule has 20 heavy (non-hydrogen) atoms. The predicted molar refractivity (Wildman–Crippen MR) is 82.0 cm³/mol. The van der Waals surface area contributed by atoms with Gasteiger partial charge in [-0.25, -0.2) is 0 Å². The van der Waals surface area contributed by atoms with E-state index in [9.17, 15) is 5.11 Å². The highest BCUT2D eigenvalue weighted by atomic mass is 16.5. The van der Waals surface area contributed by atoms with Gasteiger partial charge in [-0.2, -0.15) is 0 Å². The van der Waals surface area contributed by atoms with E-state index in [-0.39, 0.29) is 12.0 Å². The number of likely N-dealkylation sites (tertiary alicyclic amines) is 1. The van der Waals surface area contributed by atoms with Gasteiger partial charge < -0.3 is 14.7 Å². The van der Waals surface area contributed by atoms with E-state index >= 15 is 0 Å². The zero-order valence-corrected chi connectivity index (χ0v) is 12.7. The number of piperidine rings is 1. The Morgan fingerprint density at radius 2 is 1.90 bits per heavy atom. The average Bonchev–Trinajstić information content (AvgIpc) is 2.50. The lowest BCUT2D eigenvalue weighted by Crippen LogP contribution is -2.46. The van der Waals surface area contributed by atoms with Gasteiger partial charge >= 0.3 is 0 Å². The molecule has 1 saturated heterocycles. The normalized spacial score (nSPS) is 20.8. The standard InChI is InChI=1S/C17H27NO2/c1-3-20-16-9-11-18(12-10-16)13-17(2,14-19)15-7-5-4-6-8-15/h4-8,16,19H,3,9-14H2,1-2H3. The minimum Gasteiger partial charge on any atom is -0.395 e. The zero-order chi connectivity index (χ0) is 14.4. The number of ether oxygens (including phenoxy) is 1. The molecule has 0 radical (unpaired) electrons. The fraction of sp³-hybridized carbons (Fsp3) is 0.647. The third-order valence-corrected chi connectivity index (χ3v) is 4.33. The van der Waals surface area contributed by atoms with Gasteiger partial charge in [-0.05, 0) is 25.3 Å². The van der Waals surface area contributed by atoms with Crippen LogP contribution in [0.25, 0.3) is 0 Å². The van der Waals surface area contributed by atoms with Crippen LogP contribution in [0.3, 0.4) is 0 Å². The van der Waals surface area contributed by atoms with Gasteiger partial charge in [0.25, 0.3) is 0 Å². The van der Waals surface area contributed by atoms with E-state index in [0.717, 1.165) is 39.1 Å². The number of benzene rings is 1. The molecule has 0 spiro atoms. The molecular formula is C17H27NO2. The number of hydrogen-bond acceptors (Lipinski definition) is 3. The van der Waals surface area contributed by atoms with Crippen molar-refractivity contribution in [2.75, 3.05) is 32.8 Å². The number of aliphatic hydroxyl groups excluding tert-OH is 1. The van der Waals surface area contributed by atoms with Gasteiger partial charge in [0.15, 0.2) is 0 Å². The lowest BCUT2D eigenvalue weighted by molar-refractivity contribution is 0.00708. The van der Waals surface area contributed by atoms with Crippen molar-refractivity contribution < 1.29 is 9.84 Å². The summed E-state index contributed by atoms with van der Waals surface area (Å²) >= 11 is 0. The maximum absolute atomic E-state index is 9.85.